The van der Waals surface area contributed by atoms with E-state index >= 15 is 0 Å². The van der Waals surface area contributed by atoms with Crippen molar-refractivity contribution in [2.24, 2.45) is 17.8 Å². The molecule has 2 unspecified atom stereocenters. The fraction of sp³-hybridized carbons (Fsp3) is 0.619. The standard InChI is InChI=1S/C21H31N3O2/c1-13(2)24(3)20(16-7-5-6-8-17(16)22)23-19-15-11-9-14(10-12-15)18(19)21(25)26-4/h5-8,13-15,18-19,22-23H,9-12H2,1-4H3/b20-16-,22-17?. The monoisotopic (exact) mass is 357 g/mol. The van der Waals surface area contributed by atoms with E-state index in [1.165, 1.54) is 7.11 Å². The van der Waals surface area contributed by atoms with E-state index < -0.39 is 0 Å². The van der Waals surface area contributed by atoms with Crippen LogP contribution in [0.3, 0.4) is 0 Å². The molecule has 26 heavy (non-hydrogen) atoms. The molecule has 0 heterocycles. The van der Waals surface area contributed by atoms with Gasteiger partial charge in [-0.15, -0.1) is 0 Å². The van der Waals surface area contributed by atoms with Gasteiger partial charge < -0.3 is 20.4 Å². The van der Waals surface area contributed by atoms with E-state index in [4.69, 9.17) is 10.1 Å². The summed E-state index contributed by atoms with van der Waals surface area (Å²) in [4.78, 5) is 14.7. The minimum atomic E-state index is -0.0963. The van der Waals surface area contributed by atoms with E-state index in [9.17, 15) is 4.79 Å². The van der Waals surface area contributed by atoms with Crippen molar-refractivity contribution in [3.8, 4) is 0 Å². The second-order valence-electron chi connectivity index (χ2n) is 7.99. The number of esters is 1. The van der Waals surface area contributed by atoms with E-state index in [0.717, 1.165) is 37.1 Å². The van der Waals surface area contributed by atoms with Gasteiger partial charge in [-0.25, -0.2) is 0 Å². The average molecular weight is 357 g/mol. The van der Waals surface area contributed by atoms with E-state index in [1.54, 1.807) is 0 Å². The van der Waals surface area contributed by atoms with Crippen LogP contribution in [0, 0.1) is 23.2 Å². The molecule has 4 rings (SSSR count). The molecule has 3 fully saturated rings. The molecule has 2 N–H and O–H groups in total. The first-order valence-corrected chi connectivity index (χ1v) is 9.69. The molecule has 5 nitrogen and oxygen atoms in total. The number of allylic oxidation sites excluding steroid dienone is 5. The molecule has 0 aliphatic heterocycles. The molecule has 0 saturated heterocycles. The van der Waals surface area contributed by atoms with E-state index in [1.807, 2.05) is 31.4 Å². The summed E-state index contributed by atoms with van der Waals surface area (Å²) < 4.78 is 5.15. The molecule has 0 aromatic heterocycles. The molecule has 2 atom stereocenters. The van der Waals surface area contributed by atoms with Crippen molar-refractivity contribution in [2.45, 2.75) is 51.6 Å². The smallest absolute Gasteiger partial charge is 0.311 e. The van der Waals surface area contributed by atoms with E-state index in [0.29, 0.717) is 17.5 Å². The second kappa shape index (κ2) is 7.68. The highest BCUT2D eigenvalue weighted by Gasteiger charge is 2.48. The van der Waals surface area contributed by atoms with Crippen LogP contribution >= 0.6 is 0 Å². The van der Waals surface area contributed by atoms with Crippen molar-refractivity contribution in [1.82, 2.24) is 10.2 Å². The Balaban J connectivity index is 1.96. The van der Waals surface area contributed by atoms with Crippen LogP contribution in [0.5, 0.6) is 0 Å². The maximum atomic E-state index is 12.5. The summed E-state index contributed by atoms with van der Waals surface area (Å²) in [6.45, 7) is 4.28. The van der Waals surface area contributed by atoms with Gasteiger partial charge in [-0.1, -0.05) is 12.2 Å². The molecule has 5 heteroatoms. The van der Waals surface area contributed by atoms with Gasteiger partial charge in [0.1, 0.15) is 5.82 Å². The molecule has 4 aliphatic carbocycles. The number of ether oxygens (including phenoxy) is 1. The molecule has 0 aromatic carbocycles. The zero-order valence-electron chi connectivity index (χ0n) is 16.3. The molecular formula is C21H31N3O2. The average Bonchev–Trinajstić information content (AvgIpc) is 2.66. The van der Waals surface area contributed by atoms with Crippen molar-refractivity contribution >= 4 is 11.7 Å². The van der Waals surface area contributed by atoms with Crippen molar-refractivity contribution in [1.29, 1.82) is 5.41 Å². The van der Waals surface area contributed by atoms with Gasteiger partial charge in [-0.2, -0.15) is 0 Å². The number of carbonyl (C=O) groups excluding carboxylic acids is 1. The van der Waals surface area contributed by atoms with Crippen molar-refractivity contribution in [3.63, 3.8) is 0 Å². The number of hydrogen-bond donors (Lipinski definition) is 2. The van der Waals surface area contributed by atoms with Gasteiger partial charge in [0.05, 0.1) is 18.7 Å². The third kappa shape index (κ3) is 3.44. The van der Waals surface area contributed by atoms with Gasteiger partial charge in [-0.05, 0) is 63.5 Å². The molecular weight excluding hydrogens is 326 g/mol. The highest BCUT2D eigenvalue weighted by atomic mass is 16.5. The summed E-state index contributed by atoms with van der Waals surface area (Å²) >= 11 is 0. The van der Waals surface area contributed by atoms with Crippen molar-refractivity contribution < 1.29 is 9.53 Å². The van der Waals surface area contributed by atoms with E-state index in [-0.39, 0.29) is 24.0 Å². The van der Waals surface area contributed by atoms with Crippen LogP contribution in [0.4, 0.5) is 0 Å². The number of nitrogens with one attached hydrogen (secondary N) is 2. The molecule has 0 amide bonds. The largest absolute Gasteiger partial charge is 0.469 e. The second-order valence-corrected chi connectivity index (χ2v) is 7.99. The first-order chi connectivity index (χ1) is 12.4. The lowest BCUT2D eigenvalue weighted by Gasteiger charge is -2.49. The summed E-state index contributed by atoms with van der Waals surface area (Å²) in [5.74, 6) is 1.64. The van der Waals surface area contributed by atoms with Gasteiger partial charge in [0, 0.05) is 24.7 Å². The molecule has 2 bridgehead atoms. The van der Waals surface area contributed by atoms with Gasteiger partial charge >= 0.3 is 5.97 Å². The Kier molecular flexibility index (Phi) is 5.54. The Hall–Kier alpha value is -2.04. The van der Waals surface area contributed by atoms with Gasteiger partial charge in [0.25, 0.3) is 0 Å². The number of methoxy groups -OCH3 is 1. The predicted molar refractivity (Wildman–Crippen MR) is 104 cm³/mol. The lowest BCUT2D eigenvalue weighted by molar-refractivity contribution is -0.153. The summed E-state index contributed by atoms with van der Waals surface area (Å²) in [6, 6.07) is 0.361. The molecule has 142 valence electrons. The maximum absolute atomic E-state index is 12.5. The number of rotatable bonds is 5. The lowest BCUT2D eigenvalue weighted by atomic mass is 9.61. The predicted octanol–water partition coefficient (Wildman–Crippen LogP) is 3.25. The highest BCUT2D eigenvalue weighted by molar-refractivity contribution is 6.09. The Morgan fingerprint density at radius 1 is 1.19 bits per heavy atom. The van der Waals surface area contributed by atoms with Crippen molar-refractivity contribution in [3.05, 3.63) is 35.7 Å². The third-order valence-corrected chi connectivity index (χ3v) is 6.31. The maximum Gasteiger partial charge on any atom is 0.311 e. The lowest BCUT2D eigenvalue weighted by Crippen LogP contribution is -2.56. The van der Waals surface area contributed by atoms with Crippen molar-refractivity contribution in [2.75, 3.05) is 14.2 Å². The van der Waals surface area contributed by atoms with Crippen LogP contribution in [0.25, 0.3) is 0 Å². The van der Waals surface area contributed by atoms with Crippen LogP contribution in [0.2, 0.25) is 0 Å². The van der Waals surface area contributed by atoms with Crippen LogP contribution in [-0.4, -0.2) is 42.8 Å². The fourth-order valence-electron chi connectivity index (χ4n) is 4.61. The van der Waals surface area contributed by atoms with Crippen LogP contribution in [-0.2, 0) is 9.53 Å². The van der Waals surface area contributed by atoms with Gasteiger partial charge in [0.15, 0.2) is 0 Å². The van der Waals surface area contributed by atoms with Crippen LogP contribution in [0.1, 0.15) is 39.5 Å². The zero-order valence-corrected chi connectivity index (χ0v) is 16.3. The summed E-state index contributed by atoms with van der Waals surface area (Å²) in [5.41, 5.74) is 1.38. The minimum absolute atomic E-state index is 0.0748. The van der Waals surface area contributed by atoms with Gasteiger partial charge in [0.2, 0.25) is 0 Å². The summed E-state index contributed by atoms with van der Waals surface area (Å²) in [7, 11) is 3.54. The molecule has 0 spiro atoms. The zero-order chi connectivity index (χ0) is 18.8. The Morgan fingerprint density at radius 2 is 1.81 bits per heavy atom. The normalized spacial score (nSPS) is 32.0. The number of carbonyl (C=O) groups is 1. The summed E-state index contributed by atoms with van der Waals surface area (Å²) in [5, 5.41) is 12.1. The fourth-order valence-corrected chi connectivity index (χ4v) is 4.61. The quantitative estimate of drug-likeness (QED) is 0.741. The molecule has 0 aromatic rings. The summed E-state index contributed by atoms with van der Waals surface area (Å²) in [6.07, 6.45) is 12.2. The Labute approximate surface area is 156 Å². The molecule has 4 aliphatic rings. The topological polar surface area (TPSA) is 65.4 Å². The SMILES string of the molecule is COC(=O)C1C2CCC(CC2)C1N/C(=C1\C=CC=CC1=N)N(C)C(C)C. The highest BCUT2D eigenvalue weighted by Crippen LogP contribution is 2.46. The van der Waals surface area contributed by atoms with Gasteiger partial charge in [-0.3, -0.25) is 4.79 Å². The van der Waals surface area contributed by atoms with E-state index in [2.05, 4.69) is 24.1 Å². The first kappa shape index (κ1) is 18.7. The minimum Gasteiger partial charge on any atom is -0.469 e. The Morgan fingerprint density at radius 3 is 2.38 bits per heavy atom. The van der Waals surface area contributed by atoms with Crippen LogP contribution in [0.15, 0.2) is 35.7 Å². The third-order valence-electron chi connectivity index (χ3n) is 6.31. The molecule has 3 saturated carbocycles. The number of hydrogen-bond acceptors (Lipinski definition) is 5. The van der Waals surface area contributed by atoms with Crippen LogP contribution < -0.4 is 5.32 Å². The molecule has 0 radical (unpaired) electrons. The number of nitrogens with zero attached hydrogens (tertiary/aromatic N) is 1. The number of fused-ring (bicyclic) bond motifs is 3. The first-order valence-electron chi connectivity index (χ1n) is 9.69. The Bertz CT molecular complexity index is 654.